The molecule has 0 fully saturated rings. The van der Waals surface area contributed by atoms with Gasteiger partial charge in [0.05, 0.1) is 0 Å². The highest BCUT2D eigenvalue weighted by atomic mass is 79.9. The first-order valence-electron chi connectivity index (χ1n) is 6.28. The Labute approximate surface area is 126 Å². The Morgan fingerprint density at radius 1 is 1.20 bits per heavy atom. The summed E-state index contributed by atoms with van der Waals surface area (Å²) in [5, 5.41) is 9.18. The van der Waals surface area contributed by atoms with E-state index in [9.17, 15) is 9.90 Å². The highest BCUT2D eigenvalue weighted by molar-refractivity contribution is 9.10. The molecule has 0 saturated carbocycles. The maximum atomic E-state index is 11.2. The van der Waals surface area contributed by atoms with Gasteiger partial charge in [0.25, 0.3) is 0 Å². The second-order valence-electron chi connectivity index (χ2n) is 4.77. The standard InChI is InChI=1S/C16H15BrO3/c1-10(2)11-4-3-5-13(8-11)20-15-9-12(17)6-7-14(15)16(18)19/h3-10H,1-2H3,(H,18,19). The quantitative estimate of drug-likeness (QED) is 0.849. The molecule has 0 unspecified atom stereocenters. The van der Waals surface area contributed by atoms with E-state index in [1.165, 1.54) is 6.07 Å². The summed E-state index contributed by atoms with van der Waals surface area (Å²) in [6.45, 7) is 4.20. The third-order valence-corrected chi connectivity index (χ3v) is 3.42. The Balaban J connectivity index is 2.36. The molecule has 0 atom stereocenters. The summed E-state index contributed by atoms with van der Waals surface area (Å²) < 4.78 is 6.51. The molecule has 4 heteroatoms. The molecule has 0 amide bonds. The van der Waals surface area contributed by atoms with Crippen LogP contribution in [0.2, 0.25) is 0 Å². The number of aromatic carboxylic acids is 1. The minimum absolute atomic E-state index is 0.142. The number of hydrogen-bond acceptors (Lipinski definition) is 2. The van der Waals surface area contributed by atoms with Crippen molar-refractivity contribution in [3.05, 3.63) is 58.1 Å². The molecular weight excluding hydrogens is 320 g/mol. The number of halogens is 1. The van der Waals surface area contributed by atoms with Gasteiger partial charge in [0, 0.05) is 4.47 Å². The zero-order valence-electron chi connectivity index (χ0n) is 11.3. The number of hydrogen-bond donors (Lipinski definition) is 1. The fourth-order valence-electron chi connectivity index (χ4n) is 1.82. The predicted molar refractivity (Wildman–Crippen MR) is 81.7 cm³/mol. The van der Waals surface area contributed by atoms with Crippen molar-refractivity contribution >= 4 is 21.9 Å². The van der Waals surface area contributed by atoms with E-state index < -0.39 is 5.97 Å². The van der Waals surface area contributed by atoms with Gasteiger partial charge in [-0.25, -0.2) is 4.79 Å². The lowest BCUT2D eigenvalue weighted by Crippen LogP contribution is -2.00. The van der Waals surface area contributed by atoms with Crippen LogP contribution < -0.4 is 4.74 Å². The third kappa shape index (κ3) is 3.39. The van der Waals surface area contributed by atoms with E-state index in [2.05, 4.69) is 29.8 Å². The van der Waals surface area contributed by atoms with Crippen molar-refractivity contribution in [2.24, 2.45) is 0 Å². The molecule has 0 aromatic heterocycles. The Hall–Kier alpha value is -1.81. The molecular formula is C16H15BrO3. The Morgan fingerprint density at radius 3 is 2.60 bits per heavy atom. The van der Waals surface area contributed by atoms with Crippen molar-refractivity contribution in [1.82, 2.24) is 0 Å². The zero-order chi connectivity index (χ0) is 14.7. The Bertz CT molecular complexity index is 635. The molecule has 2 rings (SSSR count). The normalized spacial score (nSPS) is 10.6. The van der Waals surface area contributed by atoms with E-state index in [-0.39, 0.29) is 5.56 Å². The lowest BCUT2D eigenvalue weighted by atomic mass is 10.0. The minimum atomic E-state index is -1.01. The minimum Gasteiger partial charge on any atom is -0.478 e. The van der Waals surface area contributed by atoms with Crippen molar-refractivity contribution in [2.75, 3.05) is 0 Å². The molecule has 104 valence electrons. The van der Waals surface area contributed by atoms with Crippen LogP contribution in [0.5, 0.6) is 11.5 Å². The highest BCUT2D eigenvalue weighted by Gasteiger charge is 2.13. The van der Waals surface area contributed by atoms with E-state index in [0.717, 1.165) is 10.0 Å². The largest absolute Gasteiger partial charge is 0.478 e. The Kier molecular flexibility index (Phi) is 4.45. The van der Waals surface area contributed by atoms with Crippen LogP contribution in [0.15, 0.2) is 46.9 Å². The maximum absolute atomic E-state index is 11.2. The molecule has 2 aromatic rings. The number of carboxylic acid groups (broad SMARTS) is 1. The molecule has 3 nitrogen and oxygen atoms in total. The van der Waals surface area contributed by atoms with Gasteiger partial charge in [-0.2, -0.15) is 0 Å². The molecule has 0 aliphatic heterocycles. The van der Waals surface area contributed by atoms with Crippen LogP contribution in [0.1, 0.15) is 35.7 Å². The van der Waals surface area contributed by atoms with Crippen LogP contribution >= 0.6 is 15.9 Å². The summed E-state index contributed by atoms with van der Waals surface area (Å²) in [6, 6.07) is 12.5. The number of ether oxygens (including phenoxy) is 1. The summed E-state index contributed by atoms with van der Waals surface area (Å²) in [6.07, 6.45) is 0. The van der Waals surface area contributed by atoms with Gasteiger partial charge in [0.15, 0.2) is 0 Å². The van der Waals surface area contributed by atoms with Gasteiger partial charge < -0.3 is 9.84 Å². The van der Waals surface area contributed by atoms with E-state index in [1.807, 2.05) is 24.3 Å². The third-order valence-electron chi connectivity index (χ3n) is 2.93. The van der Waals surface area contributed by atoms with Gasteiger partial charge in [0.2, 0.25) is 0 Å². The van der Waals surface area contributed by atoms with Crippen molar-refractivity contribution in [1.29, 1.82) is 0 Å². The fraction of sp³-hybridized carbons (Fsp3) is 0.188. The average Bonchev–Trinajstić information content (AvgIpc) is 2.38. The van der Waals surface area contributed by atoms with Crippen molar-refractivity contribution in [2.45, 2.75) is 19.8 Å². The van der Waals surface area contributed by atoms with Crippen molar-refractivity contribution in [3.8, 4) is 11.5 Å². The smallest absolute Gasteiger partial charge is 0.339 e. The van der Waals surface area contributed by atoms with Gasteiger partial charge in [-0.1, -0.05) is 41.9 Å². The summed E-state index contributed by atoms with van der Waals surface area (Å²) in [5.74, 6) is 0.345. The molecule has 0 saturated heterocycles. The van der Waals surface area contributed by atoms with Crippen LogP contribution in [0, 0.1) is 0 Å². The molecule has 0 heterocycles. The molecule has 0 radical (unpaired) electrons. The number of rotatable bonds is 4. The van der Waals surface area contributed by atoms with Gasteiger partial charge in [-0.15, -0.1) is 0 Å². The first kappa shape index (κ1) is 14.6. The van der Waals surface area contributed by atoms with E-state index in [1.54, 1.807) is 12.1 Å². The SMILES string of the molecule is CC(C)c1cccc(Oc2cc(Br)ccc2C(=O)O)c1. The van der Waals surface area contributed by atoms with Gasteiger partial charge in [0.1, 0.15) is 17.1 Å². The molecule has 20 heavy (non-hydrogen) atoms. The highest BCUT2D eigenvalue weighted by Crippen LogP contribution is 2.30. The topological polar surface area (TPSA) is 46.5 Å². The summed E-state index contributed by atoms with van der Waals surface area (Å²) in [4.78, 5) is 11.2. The lowest BCUT2D eigenvalue weighted by molar-refractivity contribution is 0.0694. The molecule has 2 aromatic carbocycles. The van der Waals surface area contributed by atoms with Crippen LogP contribution in [0.25, 0.3) is 0 Å². The molecule has 0 bridgehead atoms. The summed E-state index contributed by atoms with van der Waals surface area (Å²) >= 11 is 3.32. The average molecular weight is 335 g/mol. The van der Waals surface area contributed by atoms with Crippen LogP contribution in [0.3, 0.4) is 0 Å². The first-order chi connectivity index (χ1) is 9.47. The van der Waals surface area contributed by atoms with Crippen LogP contribution in [0.4, 0.5) is 0 Å². The fourth-order valence-corrected chi connectivity index (χ4v) is 2.16. The van der Waals surface area contributed by atoms with Gasteiger partial charge in [-0.05, 0) is 41.8 Å². The van der Waals surface area contributed by atoms with Crippen molar-refractivity contribution < 1.29 is 14.6 Å². The molecule has 0 aliphatic rings. The summed E-state index contributed by atoms with van der Waals surface area (Å²) in [7, 11) is 0. The van der Waals surface area contributed by atoms with Gasteiger partial charge >= 0.3 is 5.97 Å². The number of carbonyl (C=O) groups is 1. The number of carboxylic acids is 1. The van der Waals surface area contributed by atoms with Crippen LogP contribution in [-0.2, 0) is 0 Å². The van der Waals surface area contributed by atoms with E-state index in [0.29, 0.717) is 17.4 Å². The van der Waals surface area contributed by atoms with E-state index >= 15 is 0 Å². The van der Waals surface area contributed by atoms with E-state index in [4.69, 9.17) is 4.74 Å². The maximum Gasteiger partial charge on any atom is 0.339 e. The second-order valence-corrected chi connectivity index (χ2v) is 5.69. The second kappa shape index (κ2) is 6.09. The summed E-state index contributed by atoms with van der Waals surface area (Å²) in [5.41, 5.74) is 1.29. The first-order valence-corrected chi connectivity index (χ1v) is 7.07. The van der Waals surface area contributed by atoms with Crippen molar-refractivity contribution in [3.63, 3.8) is 0 Å². The monoisotopic (exact) mass is 334 g/mol. The molecule has 1 N–H and O–H groups in total. The lowest BCUT2D eigenvalue weighted by Gasteiger charge is -2.11. The van der Waals surface area contributed by atoms with Gasteiger partial charge in [-0.3, -0.25) is 0 Å². The number of benzene rings is 2. The zero-order valence-corrected chi connectivity index (χ0v) is 12.8. The van der Waals surface area contributed by atoms with Crippen LogP contribution in [-0.4, -0.2) is 11.1 Å². The predicted octanol–water partition coefficient (Wildman–Crippen LogP) is 5.06. The molecule has 0 spiro atoms. The Morgan fingerprint density at radius 2 is 1.95 bits per heavy atom. The molecule has 0 aliphatic carbocycles.